The van der Waals surface area contributed by atoms with Crippen molar-refractivity contribution in [3.63, 3.8) is 0 Å². The molecule has 0 N–H and O–H groups in total. The lowest BCUT2D eigenvalue weighted by molar-refractivity contribution is 0.203. The summed E-state index contributed by atoms with van der Waals surface area (Å²) in [5.41, 5.74) is 3.03. The minimum absolute atomic E-state index is 0.649. The zero-order valence-corrected chi connectivity index (χ0v) is 11.7. The van der Waals surface area contributed by atoms with Gasteiger partial charge in [-0.2, -0.15) is 0 Å². The maximum absolute atomic E-state index is 2.71. The second kappa shape index (κ2) is 5.05. The van der Waals surface area contributed by atoms with E-state index in [4.69, 9.17) is 0 Å². The first-order valence-electron chi connectivity index (χ1n) is 7.58. The first-order chi connectivity index (χ1) is 8.74. The van der Waals surface area contributed by atoms with Crippen molar-refractivity contribution < 1.29 is 0 Å². The Balaban J connectivity index is 1.61. The second-order valence-corrected chi connectivity index (χ2v) is 6.36. The molecular formula is C17H25N. The van der Waals surface area contributed by atoms with Crippen molar-refractivity contribution in [2.45, 2.75) is 57.4 Å². The fourth-order valence-electron chi connectivity index (χ4n) is 3.19. The van der Waals surface area contributed by atoms with E-state index in [1.807, 2.05) is 0 Å². The molecule has 1 aliphatic heterocycles. The van der Waals surface area contributed by atoms with E-state index in [0.29, 0.717) is 5.92 Å². The Morgan fingerprint density at radius 2 is 1.56 bits per heavy atom. The molecule has 0 amide bonds. The SMILES string of the molecule is CC(C)c1ccc(C2CCN(C3CC3)CC2)cc1. The summed E-state index contributed by atoms with van der Waals surface area (Å²) in [6.07, 6.45) is 5.62. The van der Waals surface area contributed by atoms with Gasteiger partial charge in [0.15, 0.2) is 0 Å². The van der Waals surface area contributed by atoms with Crippen LogP contribution in [0.3, 0.4) is 0 Å². The van der Waals surface area contributed by atoms with Gasteiger partial charge in [-0.1, -0.05) is 38.1 Å². The molecule has 1 aromatic carbocycles. The van der Waals surface area contributed by atoms with Crippen LogP contribution < -0.4 is 0 Å². The molecule has 0 bridgehead atoms. The van der Waals surface area contributed by atoms with E-state index in [9.17, 15) is 0 Å². The highest BCUT2D eigenvalue weighted by molar-refractivity contribution is 5.27. The van der Waals surface area contributed by atoms with Gasteiger partial charge in [0.25, 0.3) is 0 Å². The largest absolute Gasteiger partial charge is 0.300 e. The van der Waals surface area contributed by atoms with E-state index in [-0.39, 0.29) is 0 Å². The fourth-order valence-corrected chi connectivity index (χ4v) is 3.19. The van der Waals surface area contributed by atoms with Gasteiger partial charge in [0.1, 0.15) is 0 Å². The first kappa shape index (κ1) is 12.2. The molecule has 18 heavy (non-hydrogen) atoms. The molecule has 2 fully saturated rings. The zero-order valence-electron chi connectivity index (χ0n) is 11.7. The van der Waals surface area contributed by atoms with Gasteiger partial charge in [0.2, 0.25) is 0 Å². The lowest BCUT2D eigenvalue weighted by Crippen LogP contribution is -2.34. The van der Waals surface area contributed by atoms with Crippen LogP contribution in [0.25, 0.3) is 0 Å². The van der Waals surface area contributed by atoms with Crippen LogP contribution in [0.4, 0.5) is 0 Å². The molecule has 2 aliphatic rings. The molecule has 98 valence electrons. The summed E-state index contributed by atoms with van der Waals surface area (Å²) < 4.78 is 0. The van der Waals surface area contributed by atoms with Crippen LogP contribution >= 0.6 is 0 Å². The summed E-state index contributed by atoms with van der Waals surface area (Å²) in [6.45, 7) is 7.18. The summed E-state index contributed by atoms with van der Waals surface area (Å²) in [4.78, 5) is 2.71. The highest BCUT2D eigenvalue weighted by atomic mass is 15.2. The molecule has 1 nitrogen and oxygen atoms in total. The summed E-state index contributed by atoms with van der Waals surface area (Å²) in [5.74, 6) is 1.46. The van der Waals surface area contributed by atoms with E-state index in [1.165, 1.54) is 44.3 Å². The van der Waals surface area contributed by atoms with Gasteiger partial charge in [-0.25, -0.2) is 0 Å². The Labute approximate surface area is 111 Å². The van der Waals surface area contributed by atoms with Gasteiger partial charge < -0.3 is 4.90 Å². The summed E-state index contributed by atoms with van der Waals surface area (Å²) in [7, 11) is 0. The molecule has 3 rings (SSSR count). The van der Waals surface area contributed by atoms with Gasteiger partial charge >= 0.3 is 0 Å². The maximum atomic E-state index is 2.71. The summed E-state index contributed by atoms with van der Waals surface area (Å²) >= 11 is 0. The molecule has 0 unspecified atom stereocenters. The van der Waals surface area contributed by atoms with Crippen LogP contribution in [0.1, 0.15) is 62.5 Å². The summed E-state index contributed by atoms with van der Waals surface area (Å²) in [5, 5.41) is 0. The number of likely N-dealkylation sites (tertiary alicyclic amines) is 1. The van der Waals surface area contributed by atoms with E-state index in [2.05, 4.69) is 43.0 Å². The lowest BCUT2D eigenvalue weighted by Gasteiger charge is -2.32. The Bertz CT molecular complexity index is 381. The van der Waals surface area contributed by atoms with Gasteiger partial charge in [-0.15, -0.1) is 0 Å². The van der Waals surface area contributed by atoms with Crippen molar-refractivity contribution in [3.05, 3.63) is 35.4 Å². The van der Waals surface area contributed by atoms with Crippen LogP contribution in [-0.2, 0) is 0 Å². The number of hydrogen-bond acceptors (Lipinski definition) is 1. The predicted molar refractivity (Wildman–Crippen MR) is 77.1 cm³/mol. The molecule has 0 atom stereocenters. The summed E-state index contributed by atoms with van der Waals surface area (Å²) in [6, 6.07) is 10.3. The van der Waals surface area contributed by atoms with Crippen LogP contribution in [0, 0.1) is 0 Å². The van der Waals surface area contributed by atoms with Gasteiger partial charge in [-0.05, 0) is 61.7 Å². The fraction of sp³-hybridized carbons (Fsp3) is 0.647. The molecule has 1 aliphatic carbocycles. The van der Waals surface area contributed by atoms with Crippen LogP contribution in [-0.4, -0.2) is 24.0 Å². The zero-order chi connectivity index (χ0) is 12.5. The van der Waals surface area contributed by atoms with Gasteiger partial charge in [0.05, 0.1) is 0 Å². The standard InChI is InChI=1S/C17H25N/c1-13(2)14-3-5-15(6-4-14)16-9-11-18(12-10-16)17-7-8-17/h3-6,13,16-17H,7-12H2,1-2H3. The molecule has 0 aromatic heterocycles. The van der Waals surface area contributed by atoms with Crippen molar-refractivity contribution in [2.24, 2.45) is 0 Å². The van der Waals surface area contributed by atoms with Gasteiger partial charge in [-0.3, -0.25) is 0 Å². The smallest absolute Gasteiger partial charge is 0.00964 e. The van der Waals surface area contributed by atoms with Crippen molar-refractivity contribution in [1.29, 1.82) is 0 Å². The van der Waals surface area contributed by atoms with E-state index >= 15 is 0 Å². The highest BCUT2D eigenvalue weighted by Gasteiger charge is 2.31. The lowest BCUT2D eigenvalue weighted by atomic mass is 9.88. The topological polar surface area (TPSA) is 3.24 Å². The van der Waals surface area contributed by atoms with E-state index < -0.39 is 0 Å². The van der Waals surface area contributed by atoms with Crippen molar-refractivity contribution in [2.75, 3.05) is 13.1 Å². The van der Waals surface area contributed by atoms with Crippen LogP contribution in [0.5, 0.6) is 0 Å². The minimum atomic E-state index is 0.649. The third-order valence-corrected chi connectivity index (χ3v) is 4.67. The molecule has 1 heterocycles. The molecule has 1 saturated heterocycles. The number of hydrogen-bond donors (Lipinski definition) is 0. The third-order valence-electron chi connectivity index (χ3n) is 4.67. The molecule has 1 aromatic rings. The normalized spacial score (nSPS) is 22.6. The van der Waals surface area contributed by atoms with Crippen molar-refractivity contribution in [3.8, 4) is 0 Å². The third kappa shape index (κ3) is 2.61. The molecule has 1 saturated carbocycles. The number of piperidine rings is 1. The van der Waals surface area contributed by atoms with E-state index in [0.717, 1.165) is 12.0 Å². The minimum Gasteiger partial charge on any atom is -0.300 e. The van der Waals surface area contributed by atoms with Crippen molar-refractivity contribution >= 4 is 0 Å². The quantitative estimate of drug-likeness (QED) is 0.771. The number of rotatable bonds is 3. The van der Waals surface area contributed by atoms with Crippen molar-refractivity contribution in [1.82, 2.24) is 4.90 Å². The highest BCUT2D eigenvalue weighted by Crippen LogP contribution is 2.34. The number of nitrogens with zero attached hydrogens (tertiary/aromatic N) is 1. The average Bonchev–Trinajstić information content (AvgIpc) is 3.23. The molecule has 1 heteroatoms. The Morgan fingerprint density at radius 3 is 2.06 bits per heavy atom. The van der Waals surface area contributed by atoms with Gasteiger partial charge in [0, 0.05) is 6.04 Å². The van der Waals surface area contributed by atoms with E-state index in [1.54, 1.807) is 5.56 Å². The molecular weight excluding hydrogens is 218 g/mol. The predicted octanol–water partition coefficient (Wildman–Crippen LogP) is 4.15. The maximum Gasteiger partial charge on any atom is 0.00964 e. The Hall–Kier alpha value is -0.820. The second-order valence-electron chi connectivity index (χ2n) is 6.36. The number of benzene rings is 1. The van der Waals surface area contributed by atoms with Crippen LogP contribution in [0.15, 0.2) is 24.3 Å². The monoisotopic (exact) mass is 243 g/mol. The average molecular weight is 243 g/mol. The Morgan fingerprint density at radius 1 is 0.944 bits per heavy atom. The Kier molecular flexibility index (Phi) is 3.43. The van der Waals surface area contributed by atoms with Crippen LogP contribution in [0.2, 0.25) is 0 Å². The first-order valence-corrected chi connectivity index (χ1v) is 7.58. The molecule has 0 radical (unpaired) electrons. The molecule has 0 spiro atoms.